The van der Waals surface area contributed by atoms with Crippen molar-refractivity contribution in [2.24, 2.45) is 11.7 Å². The Labute approximate surface area is 227 Å². The Bertz CT molecular complexity index is 699. The molecule has 0 radical (unpaired) electrons. The van der Waals surface area contributed by atoms with E-state index in [1.54, 1.807) is 32.7 Å². The zero-order valence-corrected chi connectivity index (χ0v) is 24.3. The van der Waals surface area contributed by atoms with Gasteiger partial charge in [-0.25, -0.2) is 0 Å². The third-order valence-corrected chi connectivity index (χ3v) is 7.92. The topological polar surface area (TPSA) is 137 Å². The highest BCUT2D eigenvalue weighted by atomic mass is 32.2. The van der Waals surface area contributed by atoms with Crippen LogP contribution in [0.25, 0.3) is 0 Å². The quantitative estimate of drug-likeness (QED) is 0.216. The Morgan fingerprint density at radius 1 is 1.11 bits per heavy atom. The molecule has 216 valence electrons. The lowest BCUT2D eigenvalue weighted by molar-refractivity contribution is -0.147. The molecule has 1 aliphatic heterocycles. The maximum absolute atomic E-state index is 13.5. The van der Waals surface area contributed by atoms with Gasteiger partial charge in [-0.3, -0.25) is 19.3 Å². The lowest BCUT2D eigenvalue weighted by atomic mass is 9.97. The van der Waals surface area contributed by atoms with Crippen molar-refractivity contribution in [1.29, 1.82) is 0 Å². The van der Waals surface area contributed by atoms with Crippen LogP contribution in [0, 0.1) is 5.92 Å². The first-order chi connectivity index (χ1) is 17.4. The number of morpholine rings is 1. The van der Waals surface area contributed by atoms with Gasteiger partial charge in [-0.1, -0.05) is 6.92 Å². The summed E-state index contributed by atoms with van der Waals surface area (Å²) in [5.41, 5.74) is 4.37. The van der Waals surface area contributed by atoms with Crippen LogP contribution in [0.2, 0.25) is 0 Å². The van der Waals surface area contributed by atoms with Gasteiger partial charge in [-0.05, 0) is 57.7 Å². The van der Waals surface area contributed by atoms with Crippen molar-refractivity contribution in [3.8, 4) is 0 Å². The predicted molar refractivity (Wildman–Crippen MR) is 147 cm³/mol. The van der Waals surface area contributed by atoms with Crippen LogP contribution >= 0.6 is 11.8 Å². The Morgan fingerprint density at radius 2 is 1.76 bits per heavy atom. The molecule has 1 saturated heterocycles. The molecular weight excluding hydrogens is 496 g/mol. The molecule has 1 aliphatic rings. The lowest BCUT2D eigenvalue weighted by Gasteiger charge is -2.35. The summed E-state index contributed by atoms with van der Waals surface area (Å²) >= 11 is 1.56. The Kier molecular flexibility index (Phi) is 15.7. The van der Waals surface area contributed by atoms with Crippen molar-refractivity contribution in [2.75, 3.05) is 65.1 Å². The molecular formula is C26H50N4O6S. The summed E-state index contributed by atoms with van der Waals surface area (Å²) in [7, 11) is 3.11. The zero-order valence-electron chi connectivity index (χ0n) is 23.5. The fraction of sp³-hybridized carbons (Fsp3) is 0.885. The van der Waals surface area contributed by atoms with Gasteiger partial charge in [0.05, 0.1) is 18.8 Å². The van der Waals surface area contributed by atoms with Gasteiger partial charge in [0, 0.05) is 52.4 Å². The van der Waals surface area contributed by atoms with E-state index < -0.39 is 23.6 Å². The third-order valence-electron chi connectivity index (χ3n) is 6.84. The number of carbonyl (C=O) groups excluding carboxylic acids is 3. The molecule has 0 unspecified atom stereocenters. The first-order valence-electron chi connectivity index (χ1n) is 13.4. The van der Waals surface area contributed by atoms with E-state index in [0.29, 0.717) is 18.6 Å². The Hall–Kier alpha value is -1.40. The lowest BCUT2D eigenvalue weighted by Crippen LogP contribution is -2.56. The molecule has 1 fully saturated rings. The minimum atomic E-state index is -1.19. The normalized spacial score (nSPS) is 17.2. The second-order valence-electron chi connectivity index (χ2n) is 10.7. The summed E-state index contributed by atoms with van der Waals surface area (Å²) in [4.78, 5) is 43.4. The molecule has 0 aliphatic carbocycles. The number of aliphatic hydroxyl groups is 2. The predicted octanol–water partition coefficient (Wildman–Crippen LogP) is 0.931. The Morgan fingerprint density at radius 3 is 2.30 bits per heavy atom. The van der Waals surface area contributed by atoms with Crippen LogP contribution in [0.15, 0.2) is 0 Å². The number of primary amides is 1. The van der Waals surface area contributed by atoms with E-state index in [1.165, 1.54) is 16.8 Å². The average molecular weight is 547 g/mol. The van der Waals surface area contributed by atoms with Gasteiger partial charge < -0.3 is 30.5 Å². The summed E-state index contributed by atoms with van der Waals surface area (Å²) in [5.74, 6) is 0.0935. The molecule has 0 aromatic heterocycles. The first kappa shape index (κ1) is 33.6. The first-order valence-corrected chi connectivity index (χ1v) is 14.6. The van der Waals surface area contributed by atoms with E-state index in [4.69, 9.17) is 10.5 Å². The van der Waals surface area contributed by atoms with Crippen molar-refractivity contribution in [3.05, 3.63) is 0 Å². The molecule has 0 aromatic rings. The maximum Gasteiger partial charge on any atom is 0.246 e. The number of likely N-dealkylation sites (N-methyl/N-ethyl adjacent to an activating group) is 2. The van der Waals surface area contributed by atoms with Gasteiger partial charge in [0.1, 0.15) is 12.1 Å². The molecule has 11 heteroatoms. The SMILES string of the molecule is CCCC(=O)N(C)[C@H](CSCC[C@H](CO)CCCN1CCOCC1)C(=O)N(C)[C@@H](CC(C)(C)O)C(N)=O. The molecule has 1 heterocycles. The molecule has 0 bridgehead atoms. The average Bonchev–Trinajstić information content (AvgIpc) is 2.85. The highest BCUT2D eigenvalue weighted by Gasteiger charge is 2.36. The maximum atomic E-state index is 13.5. The van der Waals surface area contributed by atoms with Crippen molar-refractivity contribution < 1.29 is 29.3 Å². The van der Waals surface area contributed by atoms with Gasteiger partial charge in [-0.2, -0.15) is 11.8 Å². The number of amides is 3. The van der Waals surface area contributed by atoms with Crippen molar-refractivity contribution in [3.63, 3.8) is 0 Å². The fourth-order valence-electron chi connectivity index (χ4n) is 4.40. The number of hydrogen-bond donors (Lipinski definition) is 3. The van der Waals surface area contributed by atoms with E-state index in [-0.39, 0.29) is 30.8 Å². The standard InChI is InChI=1S/C26H50N4O6S/c1-6-8-23(32)28(4)22(25(34)29(5)21(24(27)33)17-26(2,3)35)19-37-16-10-20(18-31)9-7-11-30-12-14-36-15-13-30/h20-22,31,35H,6-19H2,1-5H3,(H2,27,33)/t20-,21+,22-/m1/s1. The molecule has 4 N–H and O–H groups in total. The summed E-state index contributed by atoms with van der Waals surface area (Å²) in [6.45, 7) is 9.63. The van der Waals surface area contributed by atoms with Gasteiger partial charge >= 0.3 is 0 Å². The second kappa shape index (κ2) is 17.2. The van der Waals surface area contributed by atoms with Crippen molar-refractivity contribution >= 4 is 29.5 Å². The van der Waals surface area contributed by atoms with Crippen molar-refractivity contribution in [1.82, 2.24) is 14.7 Å². The van der Waals surface area contributed by atoms with E-state index in [2.05, 4.69) is 4.90 Å². The number of thioether (sulfide) groups is 1. The molecule has 0 spiro atoms. The van der Waals surface area contributed by atoms with Crippen LogP contribution in [0.4, 0.5) is 0 Å². The molecule has 37 heavy (non-hydrogen) atoms. The second-order valence-corrected chi connectivity index (χ2v) is 11.8. The fourth-order valence-corrected chi connectivity index (χ4v) is 5.66. The number of nitrogens with two attached hydrogens (primary N) is 1. The van der Waals surface area contributed by atoms with Crippen molar-refractivity contribution in [2.45, 2.75) is 77.0 Å². The largest absolute Gasteiger partial charge is 0.396 e. The van der Waals surface area contributed by atoms with Crippen LogP contribution in [-0.4, -0.2) is 125 Å². The van der Waals surface area contributed by atoms with Crippen LogP contribution in [0.1, 0.15) is 59.3 Å². The number of hydrogen-bond acceptors (Lipinski definition) is 8. The number of rotatable bonds is 18. The van der Waals surface area contributed by atoms with E-state index in [9.17, 15) is 24.6 Å². The third kappa shape index (κ3) is 12.8. The van der Waals surface area contributed by atoms with Crippen LogP contribution in [-0.2, 0) is 19.1 Å². The molecule has 3 atom stereocenters. The van der Waals surface area contributed by atoms with Gasteiger partial charge in [0.25, 0.3) is 0 Å². The molecule has 1 rings (SSSR count). The van der Waals surface area contributed by atoms with E-state index in [1.807, 2.05) is 6.92 Å². The van der Waals surface area contributed by atoms with Crippen LogP contribution < -0.4 is 5.73 Å². The minimum Gasteiger partial charge on any atom is -0.396 e. The van der Waals surface area contributed by atoms with E-state index >= 15 is 0 Å². The summed E-state index contributed by atoms with van der Waals surface area (Å²) < 4.78 is 5.39. The molecule has 0 saturated carbocycles. The van der Waals surface area contributed by atoms with E-state index in [0.717, 1.165) is 57.9 Å². The summed E-state index contributed by atoms with van der Waals surface area (Å²) in [6, 6.07) is -1.74. The highest BCUT2D eigenvalue weighted by molar-refractivity contribution is 7.99. The molecule has 10 nitrogen and oxygen atoms in total. The number of aliphatic hydroxyl groups excluding tert-OH is 1. The zero-order chi connectivity index (χ0) is 28.0. The van der Waals surface area contributed by atoms with Gasteiger partial charge in [-0.15, -0.1) is 0 Å². The van der Waals surface area contributed by atoms with Gasteiger partial charge in [0.2, 0.25) is 17.7 Å². The smallest absolute Gasteiger partial charge is 0.246 e. The highest BCUT2D eigenvalue weighted by Crippen LogP contribution is 2.21. The monoisotopic (exact) mass is 546 g/mol. The van der Waals surface area contributed by atoms with Gasteiger partial charge in [0.15, 0.2) is 0 Å². The number of ether oxygens (including phenoxy) is 1. The Balaban J connectivity index is 2.72. The van der Waals surface area contributed by atoms with Crippen LogP contribution in [0.5, 0.6) is 0 Å². The minimum absolute atomic E-state index is 0.000308. The number of nitrogens with zero attached hydrogens (tertiary/aromatic N) is 3. The molecule has 3 amide bonds. The summed E-state index contributed by atoms with van der Waals surface area (Å²) in [5, 5.41) is 20.1. The summed E-state index contributed by atoms with van der Waals surface area (Å²) in [6.07, 6.45) is 3.76. The molecule has 0 aromatic carbocycles. The van der Waals surface area contributed by atoms with Crippen LogP contribution in [0.3, 0.4) is 0 Å². The number of carbonyl (C=O) groups is 3.